The van der Waals surface area contributed by atoms with E-state index in [4.69, 9.17) is 15.6 Å². The molecule has 0 bridgehead atoms. The van der Waals surface area contributed by atoms with Crippen LogP contribution in [0.25, 0.3) is 10.9 Å². The summed E-state index contributed by atoms with van der Waals surface area (Å²) in [6.45, 7) is 1.71. The van der Waals surface area contributed by atoms with Crippen molar-refractivity contribution in [3.05, 3.63) is 33.6 Å². The zero-order chi connectivity index (χ0) is 15.5. The molecule has 0 spiro atoms. The van der Waals surface area contributed by atoms with Crippen LogP contribution in [0.2, 0.25) is 0 Å². The third kappa shape index (κ3) is 1.61. The number of nitrogens with two attached hydrogens (primary N) is 1. The Morgan fingerprint density at radius 1 is 1.48 bits per heavy atom. The molecule has 1 atom stereocenters. The lowest BCUT2D eigenvalue weighted by molar-refractivity contribution is 0.0694. The van der Waals surface area contributed by atoms with E-state index in [9.17, 15) is 18.4 Å². The van der Waals surface area contributed by atoms with Crippen LogP contribution in [0, 0.1) is 11.6 Å². The number of hydrogen-bond donors (Lipinski definition) is 2. The predicted molar refractivity (Wildman–Crippen MR) is 69.7 cm³/mol. The normalized spacial score (nSPS) is 16.8. The molecule has 1 aliphatic heterocycles. The monoisotopic (exact) mass is 296 g/mol. The number of ether oxygens (including phenoxy) is 1. The summed E-state index contributed by atoms with van der Waals surface area (Å²) in [6, 6.07) is -0.358. The Labute approximate surface area is 116 Å². The topological polar surface area (TPSA) is 94.6 Å². The van der Waals surface area contributed by atoms with Crippen molar-refractivity contribution in [3.63, 3.8) is 0 Å². The minimum absolute atomic E-state index is 0.0182. The number of hydrogen-bond acceptors (Lipinski definition) is 4. The highest BCUT2D eigenvalue weighted by Gasteiger charge is 2.30. The van der Waals surface area contributed by atoms with Crippen LogP contribution in [-0.2, 0) is 0 Å². The Morgan fingerprint density at radius 3 is 2.76 bits per heavy atom. The predicted octanol–water partition coefficient (Wildman–Crippen LogP) is 1.51. The maximum atomic E-state index is 13.9. The number of aromatic nitrogens is 1. The van der Waals surface area contributed by atoms with Crippen molar-refractivity contribution in [3.8, 4) is 5.75 Å². The second kappa shape index (κ2) is 4.18. The lowest BCUT2D eigenvalue weighted by atomic mass is 10.1. The summed E-state index contributed by atoms with van der Waals surface area (Å²) >= 11 is 0. The quantitative estimate of drug-likeness (QED) is 0.778. The summed E-state index contributed by atoms with van der Waals surface area (Å²) in [5.74, 6) is -4.60. The van der Waals surface area contributed by atoms with Gasteiger partial charge in [-0.25, -0.2) is 9.18 Å². The molecule has 0 aliphatic carbocycles. The van der Waals surface area contributed by atoms with E-state index >= 15 is 0 Å². The van der Waals surface area contributed by atoms with Gasteiger partial charge in [0, 0.05) is 6.20 Å². The van der Waals surface area contributed by atoms with Crippen LogP contribution in [0.15, 0.2) is 11.0 Å². The fourth-order valence-corrected chi connectivity index (χ4v) is 2.46. The van der Waals surface area contributed by atoms with E-state index in [1.165, 1.54) is 4.57 Å². The molecule has 0 fully saturated rings. The van der Waals surface area contributed by atoms with Gasteiger partial charge in [-0.1, -0.05) is 0 Å². The number of carboxylic acids is 1. The summed E-state index contributed by atoms with van der Waals surface area (Å²) in [5.41, 5.74) is 3.21. The largest absolute Gasteiger partial charge is 0.486 e. The first-order chi connectivity index (χ1) is 9.84. The smallest absolute Gasteiger partial charge is 0.341 e. The van der Waals surface area contributed by atoms with Gasteiger partial charge in [-0.2, -0.15) is 4.39 Å². The van der Waals surface area contributed by atoms with E-state index in [2.05, 4.69) is 0 Å². The number of benzene rings is 1. The number of aromatic carboxylic acids is 1. The molecule has 3 N–H and O–H groups in total. The molecule has 3 rings (SSSR count). The van der Waals surface area contributed by atoms with Crippen molar-refractivity contribution >= 4 is 22.6 Å². The van der Waals surface area contributed by atoms with Gasteiger partial charge in [-0.15, -0.1) is 0 Å². The van der Waals surface area contributed by atoms with E-state index in [1.54, 1.807) is 6.92 Å². The molecule has 1 unspecified atom stereocenters. The molecule has 0 saturated carbocycles. The number of carbonyl (C=O) groups is 1. The zero-order valence-electron chi connectivity index (χ0n) is 10.8. The van der Waals surface area contributed by atoms with Crippen LogP contribution < -0.4 is 15.9 Å². The third-order valence-corrected chi connectivity index (χ3v) is 3.52. The van der Waals surface area contributed by atoms with Crippen LogP contribution in [0.1, 0.15) is 23.3 Å². The average Bonchev–Trinajstić information content (AvgIpc) is 2.43. The zero-order valence-corrected chi connectivity index (χ0v) is 10.8. The molecular formula is C13H10F2N2O4. The molecule has 0 amide bonds. The van der Waals surface area contributed by atoms with Crippen molar-refractivity contribution in [2.45, 2.75) is 13.0 Å². The van der Waals surface area contributed by atoms with E-state index in [1.807, 2.05) is 0 Å². The molecule has 6 nitrogen and oxygen atoms in total. The van der Waals surface area contributed by atoms with Crippen LogP contribution in [-0.4, -0.2) is 22.2 Å². The Morgan fingerprint density at radius 2 is 2.14 bits per heavy atom. The van der Waals surface area contributed by atoms with Gasteiger partial charge in [0.15, 0.2) is 11.6 Å². The highest BCUT2D eigenvalue weighted by Crippen LogP contribution is 2.38. The van der Waals surface area contributed by atoms with Gasteiger partial charge in [0.25, 0.3) is 0 Å². The number of nitrogen functional groups attached to an aromatic ring is 1. The van der Waals surface area contributed by atoms with Crippen LogP contribution in [0.5, 0.6) is 5.75 Å². The van der Waals surface area contributed by atoms with E-state index in [0.717, 1.165) is 6.20 Å². The summed E-state index contributed by atoms with van der Waals surface area (Å²) in [5, 5.41) is 8.70. The summed E-state index contributed by atoms with van der Waals surface area (Å²) < 4.78 is 34.2. The Bertz CT molecular complexity index is 860. The Kier molecular flexibility index (Phi) is 2.65. The van der Waals surface area contributed by atoms with Crippen LogP contribution >= 0.6 is 0 Å². The maximum absolute atomic E-state index is 13.9. The van der Waals surface area contributed by atoms with Crippen molar-refractivity contribution in [2.75, 3.05) is 12.3 Å². The van der Waals surface area contributed by atoms with Crippen molar-refractivity contribution in [1.82, 2.24) is 4.57 Å². The SMILES string of the molecule is CC1COc2c(F)c(F)c(N)c3c(=O)c(C(=O)O)cn1c23. The third-order valence-electron chi connectivity index (χ3n) is 3.52. The van der Waals surface area contributed by atoms with Gasteiger partial charge in [-0.05, 0) is 6.92 Å². The van der Waals surface area contributed by atoms with E-state index in [-0.39, 0.29) is 23.6 Å². The molecule has 1 aliphatic rings. The number of pyridine rings is 1. The lowest BCUT2D eigenvalue weighted by Crippen LogP contribution is -2.28. The number of nitrogens with zero attached hydrogens (tertiary/aromatic N) is 1. The summed E-state index contributed by atoms with van der Waals surface area (Å²) in [7, 11) is 0. The molecule has 0 radical (unpaired) electrons. The van der Waals surface area contributed by atoms with Crippen LogP contribution in [0.4, 0.5) is 14.5 Å². The highest BCUT2D eigenvalue weighted by atomic mass is 19.2. The maximum Gasteiger partial charge on any atom is 0.341 e. The molecule has 1 aromatic carbocycles. The first-order valence-electron chi connectivity index (χ1n) is 6.06. The molecule has 2 aromatic rings. The number of anilines is 1. The summed E-state index contributed by atoms with van der Waals surface area (Å²) in [6.07, 6.45) is 1.10. The Hall–Kier alpha value is -2.64. The number of rotatable bonds is 1. The average molecular weight is 296 g/mol. The van der Waals surface area contributed by atoms with Crippen molar-refractivity contribution in [2.24, 2.45) is 0 Å². The molecule has 110 valence electrons. The fraction of sp³-hybridized carbons (Fsp3) is 0.231. The van der Waals surface area contributed by atoms with Crippen molar-refractivity contribution < 1.29 is 23.4 Å². The molecule has 21 heavy (non-hydrogen) atoms. The van der Waals surface area contributed by atoms with Crippen molar-refractivity contribution in [1.29, 1.82) is 0 Å². The van der Waals surface area contributed by atoms with Gasteiger partial charge in [-0.3, -0.25) is 4.79 Å². The van der Waals surface area contributed by atoms with Crippen LogP contribution in [0.3, 0.4) is 0 Å². The van der Waals surface area contributed by atoms with Gasteiger partial charge >= 0.3 is 5.97 Å². The molecule has 2 heterocycles. The van der Waals surface area contributed by atoms with Gasteiger partial charge < -0.3 is 20.1 Å². The van der Waals surface area contributed by atoms with Gasteiger partial charge in [0.2, 0.25) is 11.2 Å². The van der Waals surface area contributed by atoms with Gasteiger partial charge in [0.05, 0.1) is 17.1 Å². The number of halogens is 2. The highest BCUT2D eigenvalue weighted by molar-refractivity contribution is 6.00. The van der Waals surface area contributed by atoms with E-state index < -0.39 is 40.0 Å². The molecule has 8 heteroatoms. The second-order valence-corrected chi connectivity index (χ2v) is 4.84. The Balaban J connectivity index is 2.64. The molecule has 0 saturated heterocycles. The molecule has 1 aromatic heterocycles. The lowest BCUT2D eigenvalue weighted by Gasteiger charge is -2.27. The van der Waals surface area contributed by atoms with Gasteiger partial charge in [0.1, 0.15) is 17.7 Å². The second-order valence-electron chi connectivity index (χ2n) is 4.84. The minimum atomic E-state index is -1.46. The molecular weight excluding hydrogens is 286 g/mol. The minimum Gasteiger partial charge on any atom is -0.486 e. The summed E-state index contributed by atoms with van der Waals surface area (Å²) in [4.78, 5) is 23.3. The number of carboxylic acid groups (broad SMARTS) is 1. The first-order valence-corrected chi connectivity index (χ1v) is 6.06. The first kappa shape index (κ1) is 13.3. The standard InChI is InChI=1S/C13H10F2N2O4/c1-4-3-21-12-8(15)7(14)9(16)6-10(12)17(4)2-5(11(6)18)13(19)20/h2,4H,3,16H2,1H3,(H,19,20). The van der Waals surface area contributed by atoms with E-state index in [0.29, 0.717) is 0 Å². The fourth-order valence-electron chi connectivity index (χ4n) is 2.46.